The molecule has 2 aliphatic rings. The van der Waals surface area contributed by atoms with Crippen molar-refractivity contribution >= 4 is 16.7 Å². The number of fused-ring (bicyclic) bond motifs is 1. The van der Waals surface area contributed by atoms with E-state index in [1.165, 1.54) is 49.2 Å². The number of nitrogens with one attached hydrogen (secondary N) is 2. The lowest BCUT2D eigenvalue weighted by atomic mass is 10.1. The maximum absolute atomic E-state index is 5.09. The van der Waals surface area contributed by atoms with Gasteiger partial charge in [-0.15, -0.1) is 0 Å². The summed E-state index contributed by atoms with van der Waals surface area (Å²) < 4.78 is 0. The first-order valence-corrected chi connectivity index (χ1v) is 15.6. The summed E-state index contributed by atoms with van der Waals surface area (Å²) in [6.45, 7) is 15.7. The van der Waals surface area contributed by atoms with Crippen LogP contribution in [0.4, 0.5) is 0 Å². The van der Waals surface area contributed by atoms with Crippen LogP contribution in [0, 0.1) is 6.92 Å². The highest BCUT2D eigenvalue weighted by Gasteiger charge is 2.22. The van der Waals surface area contributed by atoms with Crippen molar-refractivity contribution < 1.29 is 0 Å². The van der Waals surface area contributed by atoms with Crippen LogP contribution in [-0.2, 0) is 6.54 Å². The molecule has 0 spiro atoms. The van der Waals surface area contributed by atoms with Gasteiger partial charge in [0.15, 0.2) is 0 Å². The van der Waals surface area contributed by atoms with Crippen molar-refractivity contribution in [3.63, 3.8) is 0 Å². The summed E-state index contributed by atoms with van der Waals surface area (Å²) in [6.07, 6.45) is 14.3. The van der Waals surface area contributed by atoms with Gasteiger partial charge in [-0.05, 0) is 82.7 Å². The summed E-state index contributed by atoms with van der Waals surface area (Å²) in [5.41, 5.74) is 10.4. The Balaban J connectivity index is 0.00000173. The van der Waals surface area contributed by atoms with Crippen LogP contribution in [0.3, 0.4) is 0 Å². The summed E-state index contributed by atoms with van der Waals surface area (Å²) in [6, 6.07) is 8.60. The molecule has 2 N–H and O–H groups in total. The maximum atomic E-state index is 5.09. The largest absolute Gasteiger partial charge is 0.368 e. The lowest BCUT2D eigenvalue weighted by Crippen LogP contribution is -2.43. The summed E-state index contributed by atoms with van der Waals surface area (Å²) in [4.78, 5) is 20.7. The van der Waals surface area contributed by atoms with E-state index < -0.39 is 0 Å². The first-order chi connectivity index (χ1) is 20.6. The molecule has 0 atom stereocenters. The summed E-state index contributed by atoms with van der Waals surface area (Å²) in [7, 11) is 2.19. The van der Waals surface area contributed by atoms with Gasteiger partial charge in [-0.3, -0.25) is 15.0 Å². The average Bonchev–Trinajstić information content (AvgIpc) is 3.63. The third-order valence-electron chi connectivity index (χ3n) is 8.19. The predicted octanol–water partition coefficient (Wildman–Crippen LogP) is 6.50. The van der Waals surface area contributed by atoms with Gasteiger partial charge in [-0.1, -0.05) is 32.4 Å². The molecule has 8 heteroatoms. The van der Waals surface area contributed by atoms with Crippen molar-refractivity contribution in [3.05, 3.63) is 71.7 Å². The molecule has 2 saturated heterocycles. The predicted molar refractivity (Wildman–Crippen MR) is 174 cm³/mol. The molecule has 0 amide bonds. The quantitative estimate of drug-likeness (QED) is 0.249. The zero-order valence-corrected chi connectivity index (χ0v) is 26.0. The van der Waals surface area contributed by atoms with E-state index in [0.717, 1.165) is 72.1 Å². The van der Waals surface area contributed by atoms with E-state index in [1.807, 2.05) is 26.2 Å². The van der Waals surface area contributed by atoms with Crippen molar-refractivity contribution in [1.82, 2.24) is 39.8 Å². The van der Waals surface area contributed by atoms with Crippen LogP contribution in [-0.4, -0.2) is 86.2 Å². The second kappa shape index (κ2) is 13.9. The van der Waals surface area contributed by atoms with E-state index in [1.54, 1.807) is 0 Å². The smallest absolute Gasteiger partial charge is 0.135 e. The highest BCUT2D eigenvalue weighted by atomic mass is 15.3. The number of piperidine rings is 1. The Bertz CT molecular complexity index is 1510. The summed E-state index contributed by atoms with van der Waals surface area (Å²) in [5.74, 6) is 0. The molecular weight excluding hydrogens is 520 g/mol. The standard InChI is InChI=1S/C32H40N8.C2H6/c1-4-5-9-30(40-16-14-38(3)15-17-40)26-19-29(34-23(26)2)32-31-28(36-37-32)11-10-27(35-31)25-18-24(20-33-21-25)22-39-12-7-6-8-13-39;1-2/h4-5,9-11,18-21,34H,6-8,12-17,22H2,1-3H3,(H,36,37);1-2H3/b5-4-,30-9+;. The van der Waals surface area contributed by atoms with Gasteiger partial charge < -0.3 is 14.8 Å². The number of allylic oxidation sites excluding steroid dienone is 3. The molecule has 0 saturated carbocycles. The molecule has 0 radical (unpaired) electrons. The van der Waals surface area contributed by atoms with Gasteiger partial charge in [0.1, 0.15) is 11.2 Å². The zero-order chi connectivity index (χ0) is 29.5. The van der Waals surface area contributed by atoms with Gasteiger partial charge >= 0.3 is 0 Å². The number of rotatable bonds is 7. The monoisotopic (exact) mass is 566 g/mol. The number of likely N-dealkylation sites (N-methyl/N-ethyl adjacent to an activating group) is 1. The molecule has 4 aromatic rings. The molecule has 0 bridgehead atoms. The number of aromatic nitrogens is 5. The molecule has 0 aliphatic carbocycles. The molecular formula is C34H46N8. The van der Waals surface area contributed by atoms with Crippen LogP contribution in [0.5, 0.6) is 0 Å². The second-order valence-corrected chi connectivity index (χ2v) is 11.2. The Kier molecular flexibility index (Phi) is 9.87. The highest BCUT2D eigenvalue weighted by molar-refractivity contribution is 5.91. The average molecular weight is 567 g/mol. The van der Waals surface area contributed by atoms with E-state index in [4.69, 9.17) is 10.1 Å². The number of pyridine rings is 2. The van der Waals surface area contributed by atoms with Gasteiger partial charge in [0.05, 0.1) is 16.9 Å². The lowest BCUT2D eigenvalue weighted by Gasteiger charge is -2.35. The number of piperazine rings is 1. The lowest BCUT2D eigenvalue weighted by molar-refractivity contribution is 0.207. The van der Waals surface area contributed by atoms with Gasteiger partial charge in [0, 0.05) is 67.6 Å². The number of aromatic amines is 2. The van der Waals surface area contributed by atoms with E-state index in [9.17, 15) is 0 Å². The van der Waals surface area contributed by atoms with Gasteiger partial charge in [0.2, 0.25) is 0 Å². The fourth-order valence-electron chi connectivity index (χ4n) is 5.89. The van der Waals surface area contributed by atoms with Crippen molar-refractivity contribution in [2.24, 2.45) is 0 Å². The summed E-state index contributed by atoms with van der Waals surface area (Å²) in [5, 5.41) is 7.89. The van der Waals surface area contributed by atoms with E-state index in [-0.39, 0.29) is 0 Å². The van der Waals surface area contributed by atoms with Crippen molar-refractivity contribution in [3.8, 4) is 22.6 Å². The minimum atomic E-state index is 0.840. The van der Waals surface area contributed by atoms with Crippen LogP contribution in [0.2, 0.25) is 0 Å². The molecule has 2 fully saturated rings. The van der Waals surface area contributed by atoms with Gasteiger partial charge in [-0.2, -0.15) is 5.10 Å². The molecule has 42 heavy (non-hydrogen) atoms. The second-order valence-electron chi connectivity index (χ2n) is 11.2. The molecule has 2 aliphatic heterocycles. The number of hydrogen-bond donors (Lipinski definition) is 2. The fraction of sp³-hybridized carbons (Fsp3) is 0.441. The first kappa shape index (κ1) is 29.7. The third kappa shape index (κ3) is 6.66. The zero-order valence-electron chi connectivity index (χ0n) is 26.0. The molecule has 4 aromatic heterocycles. The van der Waals surface area contributed by atoms with E-state index in [2.05, 4.69) is 93.2 Å². The van der Waals surface area contributed by atoms with Crippen LogP contribution >= 0.6 is 0 Å². The number of likely N-dealkylation sites (tertiary alicyclic amines) is 1. The minimum absolute atomic E-state index is 0.840. The Morgan fingerprint density at radius 2 is 1.76 bits per heavy atom. The molecule has 8 nitrogen and oxygen atoms in total. The molecule has 6 rings (SSSR count). The SMILES string of the molecule is C/C=C\C=C(/c1cc(-c2n[nH]c3ccc(-c4cncc(CN5CCCCC5)c4)nc23)[nH]c1C)N1CCN(C)CC1.CC. The first-order valence-electron chi connectivity index (χ1n) is 15.6. The van der Waals surface area contributed by atoms with Crippen LogP contribution < -0.4 is 0 Å². The highest BCUT2D eigenvalue weighted by Crippen LogP contribution is 2.32. The van der Waals surface area contributed by atoms with E-state index in [0.29, 0.717) is 0 Å². The summed E-state index contributed by atoms with van der Waals surface area (Å²) >= 11 is 0. The maximum Gasteiger partial charge on any atom is 0.135 e. The van der Waals surface area contributed by atoms with Gasteiger partial charge in [-0.25, -0.2) is 4.98 Å². The van der Waals surface area contributed by atoms with Crippen molar-refractivity contribution in [2.75, 3.05) is 46.3 Å². The molecule has 0 unspecified atom stereocenters. The number of H-pyrrole nitrogens is 2. The fourth-order valence-corrected chi connectivity index (χ4v) is 5.89. The Labute approximate surface area is 250 Å². The topological polar surface area (TPSA) is 80.0 Å². The Morgan fingerprint density at radius 1 is 0.976 bits per heavy atom. The Hall–Kier alpha value is -3.75. The Morgan fingerprint density at radius 3 is 2.52 bits per heavy atom. The number of hydrogen-bond acceptors (Lipinski definition) is 6. The number of nitrogens with zero attached hydrogens (tertiary/aromatic N) is 6. The molecule has 6 heterocycles. The van der Waals surface area contributed by atoms with E-state index >= 15 is 0 Å². The molecule has 0 aromatic carbocycles. The van der Waals surface area contributed by atoms with Crippen LogP contribution in [0.1, 0.15) is 56.9 Å². The molecule has 222 valence electrons. The van der Waals surface area contributed by atoms with Crippen LogP contribution in [0.25, 0.3) is 39.4 Å². The number of aryl methyl sites for hydroxylation is 1. The normalized spacial score (nSPS) is 17.2. The van der Waals surface area contributed by atoms with Crippen LogP contribution in [0.15, 0.2) is 54.9 Å². The van der Waals surface area contributed by atoms with Crippen molar-refractivity contribution in [1.29, 1.82) is 0 Å². The third-order valence-corrected chi connectivity index (χ3v) is 8.19. The van der Waals surface area contributed by atoms with Gasteiger partial charge in [0.25, 0.3) is 0 Å². The minimum Gasteiger partial charge on any atom is -0.368 e. The van der Waals surface area contributed by atoms with Crippen molar-refractivity contribution in [2.45, 2.75) is 53.5 Å².